The molecule has 19 heavy (non-hydrogen) atoms. The lowest BCUT2D eigenvalue weighted by Gasteiger charge is -2.27. The van der Waals surface area contributed by atoms with Gasteiger partial charge in [0.15, 0.2) is 11.5 Å². The molecule has 0 heterocycles. The van der Waals surface area contributed by atoms with E-state index in [0.29, 0.717) is 12.1 Å². The van der Waals surface area contributed by atoms with E-state index in [0.717, 1.165) is 19.3 Å². The summed E-state index contributed by atoms with van der Waals surface area (Å²) in [5, 5.41) is 18.7. The number of hydrogen-bond donors (Lipinski definition) is 2. The Labute approximate surface area is 114 Å². The van der Waals surface area contributed by atoms with Gasteiger partial charge in [-0.05, 0) is 38.5 Å². The van der Waals surface area contributed by atoms with Crippen molar-refractivity contribution < 1.29 is 15.0 Å². The van der Waals surface area contributed by atoms with Crippen LogP contribution >= 0.6 is 0 Å². The van der Waals surface area contributed by atoms with Crippen molar-refractivity contribution in [3.63, 3.8) is 0 Å². The van der Waals surface area contributed by atoms with E-state index >= 15 is 0 Å². The number of phenols is 2. The fraction of sp³-hybridized carbons (Fsp3) is 0.533. The Morgan fingerprint density at radius 3 is 2.42 bits per heavy atom. The molecule has 0 fully saturated rings. The zero-order valence-corrected chi connectivity index (χ0v) is 11.9. The zero-order chi connectivity index (χ0) is 14.4. The Kier molecular flexibility index (Phi) is 5.67. The van der Waals surface area contributed by atoms with Crippen LogP contribution in [0.15, 0.2) is 18.2 Å². The van der Waals surface area contributed by atoms with Gasteiger partial charge in [0.2, 0.25) is 0 Å². The molecule has 0 aromatic heterocycles. The lowest BCUT2D eigenvalue weighted by molar-refractivity contribution is 0.0702. The Morgan fingerprint density at radius 1 is 1.21 bits per heavy atom. The van der Waals surface area contributed by atoms with E-state index in [4.69, 9.17) is 0 Å². The smallest absolute Gasteiger partial charge is 0.254 e. The van der Waals surface area contributed by atoms with Crippen molar-refractivity contribution in [1.29, 1.82) is 0 Å². The first kappa shape index (κ1) is 15.3. The minimum absolute atomic E-state index is 0.110. The molecule has 1 rings (SSSR count). The minimum atomic E-state index is -0.261. The summed E-state index contributed by atoms with van der Waals surface area (Å²) in [6, 6.07) is 4.30. The van der Waals surface area contributed by atoms with E-state index in [1.165, 1.54) is 18.2 Å². The van der Waals surface area contributed by atoms with Crippen LogP contribution in [0.4, 0.5) is 0 Å². The molecule has 4 heteroatoms. The molecule has 0 bridgehead atoms. The second kappa shape index (κ2) is 7.02. The molecule has 0 aliphatic rings. The van der Waals surface area contributed by atoms with Gasteiger partial charge in [0, 0.05) is 18.2 Å². The van der Waals surface area contributed by atoms with Crippen LogP contribution in [-0.4, -0.2) is 33.6 Å². The van der Waals surface area contributed by atoms with Gasteiger partial charge in [-0.25, -0.2) is 0 Å². The van der Waals surface area contributed by atoms with Gasteiger partial charge in [0.05, 0.1) is 0 Å². The van der Waals surface area contributed by atoms with Gasteiger partial charge in [-0.15, -0.1) is 0 Å². The highest BCUT2D eigenvalue weighted by molar-refractivity contribution is 5.95. The van der Waals surface area contributed by atoms with Crippen molar-refractivity contribution >= 4 is 5.91 Å². The minimum Gasteiger partial charge on any atom is -0.504 e. The first-order chi connectivity index (χ1) is 8.97. The van der Waals surface area contributed by atoms with Gasteiger partial charge in [-0.3, -0.25) is 4.79 Å². The molecule has 0 radical (unpaired) electrons. The van der Waals surface area contributed by atoms with Crippen molar-refractivity contribution in [1.82, 2.24) is 4.90 Å². The Bertz CT molecular complexity index is 429. The van der Waals surface area contributed by atoms with Crippen molar-refractivity contribution in [2.75, 3.05) is 6.54 Å². The van der Waals surface area contributed by atoms with E-state index in [-0.39, 0.29) is 23.4 Å². The molecule has 0 saturated heterocycles. The molecular weight excluding hydrogens is 242 g/mol. The first-order valence-electron chi connectivity index (χ1n) is 6.80. The summed E-state index contributed by atoms with van der Waals surface area (Å²) in [4.78, 5) is 14.2. The maximum Gasteiger partial charge on any atom is 0.254 e. The maximum atomic E-state index is 12.4. The normalized spacial score (nSPS) is 10.7. The molecule has 1 aromatic carbocycles. The summed E-state index contributed by atoms with van der Waals surface area (Å²) in [5.74, 6) is -0.580. The van der Waals surface area contributed by atoms with Crippen LogP contribution in [-0.2, 0) is 0 Å². The zero-order valence-electron chi connectivity index (χ0n) is 11.9. The highest BCUT2D eigenvalue weighted by Gasteiger charge is 2.19. The molecule has 0 spiro atoms. The second-order valence-corrected chi connectivity index (χ2v) is 5.00. The number of nitrogens with zero attached hydrogens (tertiary/aromatic N) is 1. The van der Waals surface area contributed by atoms with E-state index in [1.54, 1.807) is 4.90 Å². The van der Waals surface area contributed by atoms with E-state index in [9.17, 15) is 15.0 Å². The number of phenolic OH excluding ortho intramolecular Hbond substituents is 2. The number of benzene rings is 1. The van der Waals surface area contributed by atoms with Crippen molar-refractivity contribution in [2.45, 2.75) is 46.1 Å². The van der Waals surface area contributed by atoms with Gasteiger partial charge >= 0.3 is 0 Å². The third-order valence-electron chi connectivity index (χ3n) is 3.11. The molecule has 4 nitrogen and oxygen atoms in total. The summed E-state index contributed by atoms with van der Waals surface area (Å²) in [7, 11) is 0. The molecule has 0 saturated carbocycles. The second-order valence-electron chi connectivity index (χ2n) is 5.00. The monoisotopic (exact) mass is 265 g/mol. The summed E-state index contributed by atoms with van der Waals surface area (Å²) in [5.41, 5.74) is 0.403. The number of rotatable bonds is 6. The molecule has 1 amide bonds. The third kappa shape index (κ3) is 4.16. The predicted molar refractivity (Wildman–Crippen MR) is 75.5 cm³/mol. The van der Waals surface area contributed by atoms with E-state index in [1.807, 2.05) is 13.8 Å². The van der Waals surface area contributed by atoms with E-state index < -0.39 is 0 Å². The quantitative estimate of drug-likeness (QED) is 0.613. The van der Waals surface area contributed by atoms with Gasteiger partial charge in [0.1, 0.15) is 0 Å². The number of aromatic hydroxyl groups is 2. The first-order valence-corrected chi connectivity index (χ1v) is 6.80. The van der Waals surface area contributed by atoms with Crippen LogP contribution in [0.25, 0.3) is 0 Å². The molecular formula is C15H23NO3. The SMILES string of the molecule is CCCCCN(C(=O)c1ccc(O)c(O)c1)C(C)C. The Balaban J connectivity index is 2.83. The summed E-state index contributed by atoms with van der Waals surface area (Å²) >= 11 is 0. The molecule has 1 aromatic rings. The van der Waals surface area contributed by atoms with E-state index in [2.05, 4.69) is 6.92 Å². The van der Waals surface area contributed by atoms with Crippen LogP contribution in [0.5, 0.6) is 11.5 Å². The molecule has 0 atom stereocenters. The maximum absolute atomic E-state index is 12.4. The number of carbonyl (C=O) groups excluding carboxylic acids is 1. The predicted octanol–water partition coefficient (Wildman–Crippen LogP) is 3.14. The number of unbranched alkanes of at least 4 members (excludes halogenated alkanes) is 2. The highest BCUT2D eigenvalue weighted by Crippen LogP contribution is 2.25. The molecule has 0 aliphatic carbocycles. The van der Waals surface area contributed by atoms with Crippen LogP contribution in [0.1, 0.15) is 50.4 Å². The number of amides is 1. The van der Waals surface area contributed by atoms with Gasteiger partial charge < -0.3 is 15.1 Å². The van der Waals surface area contributed by atoms with Gasteiger partial charge in [-0.2, -0.15) is 0 Å². The van der Waals surface area contributed by atoms with Crippen LogP contribution in [0.3, 0.4) is 0 Å². The summed E-state index contributed by atoms with van der Waals surface area (Å²) < 4.78 is 0. The van der Waals surface area contributed by atoms with Gasteiger partial charge in [0.25, 0.3) is 5.91 Å². The number of hydrogen-bond acceptors (Lipinski definition) is 3. The van der Waals surface area contributed by atoms with Crippen molar-refractivity contribution in [2.24, 2.45) is 0 Å². The number of carbonyl (C=O) groups is 1. The topological polar surface area (TPSA) is 60.8 Å². The van der Waals surface area contributed by atoms with Crippen LogP contribution in [0, 0.1) is 0 Å². The molecule has 0 aliphatic heterocycles. The fourth-order valence-electron chi connectivity index (χ4n) is 1.95. The lowest BCUT2D eigenvalue weighted by atomic mass is 10.1. The standard InChI is InChI=1S/C15H23NO3/c1-4-5-6-9-16(11(2)3)15(19)12-7-8-13(17)14(18)10-12/h7-8,10-11,17-18H,4-6,9H2,1-3H3. The lowest BCUT2D eigenvalue weighted by Crippen LogP contribution is -2.37. The summed E-state index contributed by atoms with van der Waals surface area (Å²) in [6.45, 7) is 6.79. The average Bonchev–Trinajstić information content (AvgIpc) is 2.37. The Hall–Kier alpha value is -1.71. The van der Waals surface area contributed by atoms with Crippen LogP contribution < -0.4 is 0 Å². The fourth-order valence-corrected chi connectivity index (χ4v) is 1.95. The van der Waals surface area contributed by atoms with Gasteiger partial charge in [-0.1, -0.05) is 19.8 Å². The largest absolute Gasteiger partial charge is 0.504 e. The molecule has 2 N–H and O–H groups in total. The Morgan fingerprint density at radius 2 is 1.89 bits per heavy atom. The van der Waals surface area contributed by atoms with Crippen molar-refractivity contribution in [3.8, 4) is 11.5 Å². The van der Waals surface area contributed by atoms with Crippen molar-refractivity contribution in [3.05, 3.63) is 23.8 Å². The molecule has 106 valence electrons. The molecule has 0 unspecified atom stereocenters. The van der Waals surface area contributed by atoms with Crippen LogP contribution in [0.2, 0.25) is 0 Å². The highest BCUT2D eigenvalue weighted by atomic mass is 16.3. The third-order valence-corrected chi connectivity index (χ3v) is 3.11. The average molecular weight is 265 g/mol. The summed E-state index contributed by atoms with van der Waals surface area (Å²) in [6.07, 6.45) is 3.18.